The Kier molecular flexibility index (Phi) is 5.19. The molecule has 0 aliphatic carbocycles. The lowest BCUT2D eigenvalue weighted by atomic mass is 10.0. The summed E-state index contributed by atoms with van der Waals surface area (Å²) in [5, 5.41) is 3.37. The van der Waals surface area contributed by atoms with E-state index in [4.69, 9.17) is 17.3 Å². The molecule has 0 aliphatic heterocycles. The highest BCUT2D eigenvalue weighted by atomic mass is 35.5. The van der Waals surface area contributed by atoms with Crippen LogP contribution >= 0.6 is 11.6 Å². The zero-order chi connectivity index (χ0) is 16.2. The fraction of sp³-hybridized carbons (Fsp3) is 0.250. The van der Waals surface area contributed by atoms with Gasteiger partial charge in [-0.05, 0) is 41.8 Å². The third kappa shape index (κ3) is 5.15. The number of benzene rings is 2. The van der Waals surface area contributed by atoms with E-state index in [9.17, 15) is 13.2 Å². The first-order valence-electron chi connectivity index (χ1n) is 6.77. The highest BCUT2D eigenvalue weighted by Gasteiger charge is 2.26. The fourth-order valence-electron chi connectivity index (χ4n) is 2.10. The molecule has 0 amide bonds. The summed E-state index contributed by atoms with van der Waals surface area (Å²) in [6, 6.07) is 12.8. The van der Waals surface area contributed by atoms with Gasteiger partial charge in [0.2, 0.25) is 0 Å². The first kappa shape index (κ1) is 16.5. The second kappa shape index (κ2) is 6.92. The third-order valence-electron chi connectivity index (χ3n) is 3.14. The minimum atomic E-state index is -4.17. The topological polar surface area (TPSA) is 38.0 Å². The van der Waals surface area contributed by atoms with Gasteiger partial charge in [-0.2, -0.15) is 13.2 Å². The highest BCUT2D eigenvalue weighted by Crippen LogP contribution is 2.24. The van der Waals surface area contributed by atoms with Gasteiger partial charge >= 0.3 is 6.18 Å². The average molecular weight is 329 g/mol. The number of hydrogen-bond donors (Lipinski definition) is 2. The first-order chi connectivity index (χ1) is 10.3. The molecule has 0 unspecified atom stereocenters. The summed E-state index contributed by atoms with van der Waals surface area (Å²) in [7, 11) is 0. The van der Waals surface area contributed by atoms with Gasteiger partial charge in [-0.15, -0.1) is 0 Å². The average Bonchev–Trinajstić information content (AvgIpc) is 2.40. The number of hydrogen-bond acceptors (Lipinski definition) is 2. The number of anilines is 2. The summed E-state index contributed by atoms with van der Waals surface area (Å²) >= 11 is 5.93. The summed E-state index contributed by atoms with van der Waals surface area (Å²) in [6.45, 7) is -0.193. The van der Waals surface area contributed by atoms with Crippen molar-refractivity contribution in [3.63, 3.8) is 0 Å². The molecule has 6 heteroatoms. The normalized spacial score (nSPS) is 11.5. The van der Waals surface area contributed by atoms with Gasteiger partial charge in [0.1, 0.15) is 0 Å². The van der Waals surface area contributed by atoms with Crippen molar-refractivity contribution in [3.05, 3.63) is 58.6 Å². The maximum atomic E-state index is 12.1. The van der Waals surface area contributed by atoms with E-state index in [-0.39, 0.29) is 6.54 Å². The minimum absolute atomic E-state index is 0.193. The number of halogens is 4. The van der Waals surface area contributed by atoms with Crippen LogP contribution < -0.4 is 11.1 Å². The maximum absolute atomic E-state index is 12.1. The van der Waals surface area contributed by atoms with Crippen molar-refractivity contribution in [1.82, 2.24) is 0 Å². The maximum Gasteiger partial charge on any atom is 0.390 e. The van der Waals surface area contributed by atoms with E-state index in [1.165, 1.54) is 0 Å². The van der Waals surface area contributed by atoms with Gasteiger partial charge in [-0.1, -0.05) is 29.8 Å². The first-order valence-corrected chi connectivity index (χ1v) is 7.15. The molecule has 118 valence electrons. The van der Waals surface area contributed by atoms with Gasteiger partial charge in [0.05, 0.1) is 17.8 Å². The number of rotatable bonds is 5. The molecule has 0 aromatic heterocycles. The van der Waals surface area contributed by atoms with Gasteiger partial charge in [0, 0.05) is 11.6 Å². The van der Waals surface area contributed by atoms with Crippen LogP contribution in [0.1, 0.15) is 17.5 Å². The molecule has 2 aromatic carbocycles. The Morgan fingerprint density at radius 2 is 1.77 bits per heavy atom. The quantitative estimate of drug-likeness (QED) is 0.768. The van der Waals surface area contributed by atoms with E-state index in [0.717, 1.165) is 11.1 Å². The Bertz CT molecular complexity index is 642. The third-order valence-corrected chi connectivity index (χ3v) is 3.37. The molecule has 22 heavy (non-hydrogen) atoms. The van der Waals surface area contributed by atoms with Gasteiger partial charge in [0.25, 0.3) is 0 Å². The van der Waals surface area contributed by atoms with Crippen LogP contribution in [0.15, 0.2) is 42.5 Å². The molecule has 0 radical (unpaired) electrons. The van der Waals surface area contributed by atoms with Gasteiger partial charge in [-0.25, -0.2) is 0 Å². The summed E-state index contributed by atoms with van der Waals surface area (Å²) in [5.41, 5.74) is 8.85. The number of nitrogens with two attached hydrogens (primary N) is 1. The monoisotopic (exact) mass is 328 g/mol. The smallest absolute Gasteiger partial charge is 0.390 e. The van der Waals surface area contributed by atoms with E-state index in [2.05, 4.69) is 5.32 Å². The molecule has 0 aliphatic rings. The van der Waals surface area contributed by atoms with Crippen LogP contribution in [0.4, 0.5) is 24.5 Å². The molecule has 2 nitrogen and oxygen atoms in total. The van der Waals surface area contributed by atoms with Crippen LogP contribution in [0, 0.1) is 0 Å². The Morgan fingerprint density at radius 3 is 2.41 bits per heavy atom. The lowest BCUT2D eigenvalue weighted by molar-refractivity contribution is -0.131. The molecule has 2 aromatic rings. The second-order valence-electron chi connectivity index (χ2n) is 5.02. The zero-order valence-electron chi connectivity index (χ0n) is 11.8. The van der Waals surface area contributed by atoms with Crippen molar-refractivity contribution >= 4 is 23.0 Å². The van der Waals surface area contributed by atoms with Crippen molar-refractivity contribution in [1.29, 1.82) is 0 Å². The number of nitrogens with one attached hydrogen (secondary N) is 1. The number of nitrogen functional groups attached to an aromatic ring is 1. The Labute approximate surface area is 132 Å². The standard InChI is InChI=1S/C16H16ClF3N2/c17-13-3-1-2-11(9-13)8-12-4-5-15(14(21)10-12)22-7-6-16(18,19)20/h1-5,9-10,22H,6-8,21H2. The van der Waals surface area contributed by atoms with E-state index in [0.29, 0.717) is 22.8 Å². The molecule has 0 heterocycles. The number of alkyl halides is 3. The van der Waals surface area contributed by atoms with Gasteiger partial charge in [-0.3, -0.25) is 0 Å². The predicted octanol–water partition coefficient (Wildman–Crippen LogP) is 4.88. The molecule has 0 spiro atoms. The molecule has 3 N–H and O–H groups in total. The highest BCUT2D eigenvalue weighted by molar-refractivity contribution is 6.30. The Morgan fingerprint density at radius 1 is 1.05 bits per heavy atom. The van der Waals surface area contributed by atoms with Crippen LogP contribution in [-0.2, 0) is 6.42 Å². The zero-order valence-corrected chi connectivity index (χ0v) is 12.5. The molecule has 0 atom stereocenters. The van der Waals surface area contributed by atoms with Crippen molar-refractivity contribution in [2.24, 2.45) is 0 Å². The van der Waals surface area contributed by atoms with E-state index < -0.39 is 12.6 Å². The van der Waals surface area contributed by atoms with E-state index in [1.54, 1.807) is 18.2 Å². The van der Waals surface area contributed by atoms with Crippen LogP contribution in [0.25, 0.3) is 0 Å². The van der Waals surface area contributed by atoms with Crippen molar-refractivity contribution in [3.8, 4) is 0 Å². The van der Waals surface area contributed by atoms with Crippen molar-refractivity contribution in [2.75, 3.05) is 17.6 Å². The molecule has 2 rings (SSSR count). The largest absolute Gasteiger partial charge is 0.397 e. The van der Waals surface area contributed by atoms with Crippen LogP contribution in [0.2, 0.25) is 5.02 Å². The fourth-order valence-corrected chi connectivity index (χ4v) is 2.32. The molecule has 0 saturated carbocycles. The van der Waals surface area contributed by atoms with Gasteiger partial charge < -0.3 is 11.1 Å². The van der Waals surface area contributed by atoms with Gasteiger partial charge in [0.15, 0.2) is 0 Å². The SMILES string of the molecule is Nc1cc(Cc2cccc(Cl)c2)ccc1NCCC(F)(F)F. The van der Waals surface area contributed by atoms with Crippen LogP contribution in [0.3, 0.4) is 0 Å². The molecular formula is C16H16ClF3N2. The van der Waals surface area contributed by atoms with E-state index in [1.807, 2.05) is 24.3 Å². The summed E-state index contributed by atoms with van der Waals surface area (Å²) in [4.78, 5) is 0. The second-order valence-corrected chi connectivity index (χ2v) is 5.46. The van der Waals surface area contributed by atoms with E-state index >= 15 is 0 Å². The lowest BCUT2D eigenvalue weighted by Crippen LogP contribution is -2.15. The summed E-state index contributed by atoms with van der Waals surface area (Å²) in [6.07, 6.45) is -4.40. The van der Waals surface area contributed by atoms with Crippen molar-refractivity contribution < 1.29 is 13.2 Å². The summed E-state index contributed by atoms with van der Waals surface area (Å²) < 4.78 is 36.3. The molecule has 0 fully saturated rings. The summed E-state index contributed by atoms with van der Waals surface area (Å²) in [5.74, 6) is 0. The minimum Gasteiger partial charge on any atom is -0.397 e. The van der Waals surface area contributed by atoms with Crippen LogP contribution in [-0.4, -0.2) is 12.7 Å². The Hall–Kier alpha value is -1.88. The molecular weight excluding hydrogens is 313 g/mol. The van der Waals surface area contributed by atoms with Crippen LogP contribution in [0.5, 0.6) is 0 Å². The Balaban J connectivity index is 2.00. The lowest BCUT2D eigenvalue weighted by Gasteiger charge is -2.12. The van der Waals surface area contributed by atoms with Crippen molar-refractivity contribution in [2.45, 2.75) is 19.0 Å². The molecule has 0 bridgehead atoms. The molecule has 0 saturated heterocycles. The predicted molar refractivity (Wildman–Crippen MR) is 84.3 cm³/mol.